The molecule has 2 bridgehead atoms. The molecular weight excluding hydrogens is 192 g/mol. The SMILES string of the molecule is C=CC(=O)NCC12CCC(N)(CC1)OC2. The zero-order chi connectivity index (χ0) is 10.9. The van der Waals surface area contributed by atoms with Crippen LogP contribution in [0.4, 0.5) is 0 Å². The molecule has 3 aliphatic rings. The van der Waals surface area contributed by atoms with Gasteiger partial charge in [-0.2, -0.15) is 0 Å². The van der Waals surface area contributed by atoms with Gasteiger partial charge in [-0.05, 0) is 31.8 Å². The molecule has 0 unspecified atom stereocenters. The fourth-order valence-corrected chi connectivity index (χ4v) is 2.36. The van der Waals surface area contributed by atoms with Gasteiger partial charge in [0.1, 0.15) is 5.72 Å². The first-order chi connectivity index (χ1) is 7.08. The second-order valence-electron chi connectivity index (χ2n) is 4.78. The minimum atomic E-state index is -0.385. The molecule has 1 aliphatic carbocycles. The Balaban J connectivity index is 1.92. The topological polar surface area (TPSA) is 64.4 Å². The minimum Gasteiger partial charge on any atom is -0.360 e. The summed E-state index contributed by atoms with van der Waals surface area (Å²) in [5.41, 5.74) is 5.74. The number of rotatable bonds is 3. The van der Waals surface area contributed by atoms with Crippen LogP contribution in [0.5, 0.6) is 0 Å². The lowest BCUT2D eigenvalue weighted by Gasteiger charge is -2.51. The van der Waals surface area contributed by atoms with E-state index in [-0.39, 0.29) is 17.0 Å². The van der Waals surface area contributed by atoms with Crippen LogP contribution < -0.4 is 11.1 Å². The van der Waals surface area contributed by atoms with Crippen molar-refractivity contribution < 1.29 is 9.53 Å². The van der Waals surface area contributed by atoms with Crippen molar-refractivity contribution in [1.82, 2.24) is 5.32 Å². The van der Waals surface area contributed by atoms with Crippen LogP contribution >= 0.6 is 0 Å². The van der Waals surface area contributed by atoms with Gasteiger partial charge in [-0.25, -0.2) is 0 Å². The molecule has 2 saturated heterocycles. The summed E-state index contributed by atoms with van der Waals surface area (Å²) in [5, 5.41) is 2.85. The molecule has 1 amide bonds. The Bertz CT molecular complexity index is 264. The lowest BCUT2D eigenvalue weighted by molar-refractivity contribution is -0.179. The monoisotopic (exact) mass is 210 g/mol. The van der Waals surface area contributed by atoms with E-state index in [9.17, 15) is 4.79 Å². The number of hydrogen-bond acceptors (Lipinski definition) is 3. The van der Waals surface area contributed by atoms with Gasteiger partial charge in [0.15, 0.2) is 0 Å². The van der Waals surface area contributed by atoms with Crippen LogP contribution in [0.2, 0.25) is 0 Å². The summed E-state index contributed by atoms with van der Waals surface area (Å²) in [5.74, 6) is -0.112. The van der Waals surface area contributed by atoms with E-state index in [4.69, 9.17) is 10.5 Å². The summed E-state index contributed by atoms with van der Waals surface area (Å²) in [6.45, 7) is 4.77. The van der Waals surface area contributed by atoms with E-state index < -0.39 is 0 Å². The molecule has 0 aromatic carbocycles. The summed E-state index contributed by atoms with van der Waals surface area (Å²) in [6, 6.07) is 0. The van der Waals surface area contributed by atoms with Crippen molar-refractivity contribution in [3.8, 4) is 0 Å². The molecule has 0 aromatic heterocycles. The first-order valence-corrected chi connectivity index (χ1v) is 5.41. The Kier molecular flexibility index (Phi) is 2.56. The molecular formula is C11H18N2O2. The number of hydrogen-bond donors (Lipinski definition) is 2. The Morgan fingerprint density at radius 3 is 2.60 bits per heavy atom. The zero-order valence-corrected chi connectivity index (χ0v) is 8.92. The van der Waals surface area contributed by atoms with Gasteiger partial charge in [-0.1, -0.05) is 6.58 Å². The standard InChI is InChI=1S/C11H18N2O2/c1-2-9(14)13-7-10-3-5-11(12,6-4-10)15-8-10/h2H,1,3-8,12H2,(H,13,14). The molecule has 3 N–H and O–H groups in total. The fourth-order valence-electron chi connectivity index (χ4n) is 2.36. The van der Waals surface area contributed by atoms with E-state index in [0.717, 1.165) is 25.7 Å². The number of ether oxygens (including phenoxy) is 1. The maximum atomic E-state index is 11.1. The molecule has 3 rings (SSSR count). The minimum absolute atomic E-state index is 0.111. The Hall–Kier alpha value is -0.870. The zero-order valence-electron chi connectivity index (χ0n) is 8.92. The van der Waals surface area contributed by atoms with E-state index in [1.807, 2.05) is 0 Å². The average Bonchev–Trinajstić information content (AvgIpc) is 2.28. The van der Waals surface area contributed by atoms with E-state index in [2.05, 4.69) is 11.9 Å². The van der Waals surface area contributed by atoms with Gasteiger partial charge in [-0.15, -0.1) is 0 Å². The summed E-state index contributed by atoms with van der Waals surface area (Å²) >= 11 is 0. The highest BCUT2D eigenvalue weighted by Gasteiger charge is 2.47. The number of carbonyl (C=O) groups is 1. The molecule has 0 spiro atoms. The van der Waals surface area contributed by atoms with E-state index in [1.54, 1.807) is 0 Å². The number of amides is 1. The van der Waals surface area contributed by atoms with Crippen LogP contribution in [0.3, 0.4) is 0 Å². The molecule has 15 heavy (non-hydrogen) atoms. The first-order valence-electron chi connectivity index (χ1n) is 5.41. The summed E-state index contributed by atoms with van der Waals surface area (Å²) in [4.78, 5) is 11.1. The number of fused-ring (bicyclic) bond motifs is 3. The van der Waals surface area contributed by atoms with Crippen molar-refractivity contribution in [2.24, 2.45) is 11.1 Å². The smallest absolute Gasteiger partial charge is 0.243 e. The summed E-state index contributed by atoms with van der Waals surface area (Å²) in [7, 11) is 0. The van der Waals surface area contributed by atoms with Crippen molar-refractivity contribution in [3.05, 3.63) is 12.7 Å². The molecule has 4 nitrogen and oxygen atoms in total. The maximum Gasteiger partial charge on any atom is 0.243 e. The van der Waals surface area contributed by atoms with Crippen molar-refractivity contribution in [3.63, 3.8) is 0 Å². The van der Waals surface area contributed by atoms with Gasteiger partial charge in [0, 0.05) is 12.0 Å². The van der Waals surface area contributed by atoms with Crippen LogP contribution in [-0.2, 0) is 9.53 Å². The van der Waals surface area contributed by atoms with Gasteiger partial charge in [-0.3, -0.25) is 4.79 Å². The number of nitrogens with one attached hydrogen (secondary N) is 1. The molecule has 4 heteroatoms. The normalized spacial score (nSPS) is 38.7. The Morgan fingerprint density at radius 2 is 2.13 bits per heavy atom. The predicted molar refractivity (Wildman–Crippen MR) is 57.0 cm³/mol. The first kappa shape index (κ1) is 10.6. The summed E-state index contributed by atoms with van der Waals surface area (Å²) < 4.78 is 5.63. The Labute approximate surface area is 89.9 Å². The molecule has 0 aromatic rings. The third kappa shape index (κ3) is 2.06. The van der Waals surface area contributed by atoms with Gasteiger partial charge < -0.3 is 15.8 Å². The van der Waals surface area contributed by atoms with Crippen molar-refractivity contribution in [1.29, 1.82) is 0 Å². The largest absolute Gasteiger partial charge is 0.360 e. The summed E-state index contributed by atoms with van der Waals surface area (Å²) in [6.07, 6.45) is 5.19. The van der Waals surface area contributed by atoms with Crippen LogP contribution in [0.25, 0.3) is 0 Å². The lowest BCUT2D eigenvalue weighted by Crippen LogP contribution is -2.59. The van der Waals surface area contributed by atoms with E-state index >= 15 is 0 Å². The average molecular weight is 210 g/mol. The van der Waals surface area contributed by atoms with Crippen molar-refractivity contribution in [2.75, 3.05) is 13.2 Å². The highest BCUT2D eigenvalue weighted by molar-refractivity contribution is 5.86. The molecule has 1 saturated carbocycles. The molecule has 0 atom stereocenters. The molecule has 2 heterocycles. The van der Waals surface area contributed by atoms with Crippen LogP contribution in [0.15, 0.2) is 12.7 Å². The molecule has 0 radical (unpaired) electrons. The fraction of sp³-hybridized carbons (Fsp3) is 0.727. The number of carbonyl (C=O) groups excluding carboxylic acids is 1. The van der Waals surface area contributed by atoms with Crippen molar-refractivity contribution in [2.45, 2.75) is 31.4 Å². The van der Waals surface area contributed by atoms with Crippen LogP contribution in [0.1, 0.15) is 25.7 Å². The third-order valence-corrected chi connectivity index (χ3v) is 3.65. The highest BCUT2D eigenvalue weighted by Crippen LogP contribution is 2.45. The van der Waals surface area contributed by atoms with Gasteiger partial charge >= 0.3 is 0 Å². The van der Waals surface area contributed by atoms with Gasteiger partial charge in [0.25, 0.3) is 0 Å². The lowest BCUT2D eigenvalue weighted by atomic mass is 9.69. The third-order valence-electron chi connectivity index (χ3n) is 3.65. The second-order valence-corrected chi connectivity index (χ2v) is 4.78. The highest BCUT2D eigenvalue weighted by atomic mass is 16.5. The molecule has 84 valence electrons. The van der Waals surface area contributed by atoms with Gasteiger partial charge in [0.05, 0.1) is 6.61 Å². The number of nitrogens with two attached hydrogens (primary N) is 1. The quantitative estimate of drug-likeness (QED) is 0.668. The van der Waals surface area contributed by atoms with E-state index in [1.165, 1.54) is 6.08 Å². The predicted octanol–water partition coefficient (Wildman–Crippen LogP) is 0.534. The second kappa shape index (κ2) is 3.61. The van der Waals surface area contributed by atoms with Gasteiger partial charge in [0.2, 0.25) is 5.91 Å². The van der Waals surface area contributed by atoms with Crippen LogP contribution in [-0.4, -0.2) is 24.8 Å². The Morgan fingerprint density at radius 1 is 1.47 bits per heavy atom. The maximum absolute atomic E-state index is 11.1. The van der Waals surface area contributed by atoms with E-state index in [0.29, 0.717) is 13.2 Å². The van der Waals surface area contributed by atoms with Crippen molar-refractivity contribution >= 4 is 5.91 Å². The van der Waals surface area contributed by atoms with Crippen LogP contribution in [0, 0.1) is 5.41 Å². The molecule has 3 fully saturated rings. The molecule has 2 aliphatic heterocycles.